The monoisotopic (exact) mass is 136 g/mol. The van der Waals surface area contributed by atoms with Crippen molar-refractivity contribution in [2.24, 2.45) is 0 Å². The molecular formula is C9H12O. The van der Waals surface area contributed by atoms with E-state index in [1.165, 1.54) is 12.8 Å². The predicted molar refractivity (Wildman–Crippen MR) is 40.8 cm³/mol. The molecule has 0 unspecified atom stereocenters. The van der Waals surface area contributed by atoms with Crippen molar-refractivity contribution in [1.29, 1.82) is 0 Å². The van der Waals surface area contributed by atoms with Crippen LogP contribution in [0.15, 0.2) is 24.3 Å². The van der Waals surface area contributed by atoms with Crippen LogP contribution in [-0.4, -0.2) is 12.2 Å². The second-order valence-corrected chi connectivity index (χ2v) is 2.95. The summed E-state index contributed by atoms with van der Waals surface area (Å²) in [6.07, 6.45) is 12.2. The van der Waals surface area contributed by atoms with Gasteiger partial charge in [-0.05, 0) is 19.3 Å². The zero-order valence-corrected chi connectivity index (χ0v) is 6.05. The van der Waals surface area contributed by atoms with E-state index < -0.39 is 0 Å². The minimum Gasteiger partial charge on any atom is -0.367 e. The molecule has 2 aliphatic rings. The van der Waals surface area contributed by atoms with Crippen molar-refractivity contribution in [2.75, 3.05) is 6.61 Å². The summed E-state index contributed by atoms with van der Waals surface area (Å²) in [6, 6.07) is 0. The maximum atomic E-state index is 5.61. The average Bonchev–Trinajstić information content (AvgIpc) is 2.39. The maximum absolute atomic E-state index is 5.61. The molecule has 1 heterocycles. The maximum Gasteiger partial charge on any atom is 0.104 e. The molecule has 0 aromatic heterocycles. The summed E-state index contributed by atoms with van der Waals surface area (Å²) in [7, 11) is 0. The van der Waals surface area contributed by atoms with Crippen LogP contribution in [0.2, 0.25) is 0 Å². The molecule has 10 heavy (non-hydrogen) atoms. The molecule has 1 aliphatic carbocycles. The molecule has 1 nitrogen and oxygen atoms in total. The highest BCUT2D eigenvalue weighted by atomic mass is 16.5. The van der Waals surface area contributed by atoms with E-state index in [9.17, 15) is 0 Å². The van der Waals surface area contributed by atoms with Crippen LogP contribution in [0.5, 0.6) is 0 Å². The first-order valence-corrected chi connectivity index (χ1v) is 3.91. The molecule has 0 bridgehead atoms. The number of hydrogen-bond donors (Lipinski definition) is 0. The second-order valence-electron chi connectivity index (χ2n) is 2.95. The lowest BCUT2D eigenvalue weighted by molar-refractivity contribution is 0.0838. The Labute approximate surface area is 61.4 Å². The van der Waals surface area contributed by atoms with Crippen molar-refractivity contribution < 1.29 is 4.74 Å². The van der Waals surface area contributed by atoms with Crippen LogP contribution >= 0.6 is 0 Å². The van der Waals surface area contributed by atoms with Crippen molar-refractivity contribution >= 4 is 0 Å². The smallest absolute Gasteiger partial charge is 0.104 e. The second kappa shape index (κ2) is 2.24. The molecule has 1 heteroatoms. The quantitative estimate of drug-likeness (QED) is 0.463. The van der Waals surface area contributed by atoms with Crippen LogP contribution in [0.25, 0.3) is 0 Å². The van der Waals surface area contributed by atoms with Gasteiger partial charge in [0.25, 0.3) is 0 Å². The molecule has 1 fully saturated rings. The van der Waals surface area contributed by atoms with Gasteiger partial charge in [0.15, 0.2) is 0 Å². The fourth-order valence-corrected chi connectivity index (χ4v) is 1.61. The summed E-state index contributed by atoms with van der Waals surface area (Å²) in [4.78, 5) is 0. The molecule has 0 atom stereocenters. The van der Waals surface area contributed by atoms with E-state index in [4.69, 9.17) is 4.74 Å². The molecule has 0 aromatic carbocycles. The lowest BCUT2D eigenvalue weighted by Gasteiger charge is -2.21. The lowest BCUT2D eigenvalue weighted by atomic mass is 9.95. The molecule has 0 aromatic rings. The third-order valence-corrected chi connectivity index (χ3v) is 2.15. The third-order valence-electron chi connectivity index (χ3n) is 2.15. The molecule has 1 spiro atoms. The van der Waals surface area contributed by atoms with Gasteiger partial charge in [-0.1, -0.05) is 24.3 Å². The van der Waals surface area contributed by atoms with Gasteiger partial charge in [-0.3, -0.25) is 0 Å². The topological polar surface area (TPSA) is 9.23 Å². The summed E-state index contributed by atoms with van der Waals surface area (Å²) in [5.41, 5.74) is 0.0122. The van der Waals surface area contributed by atoms with Crippen LogP contribution in [-0.2, 0) is 4.74 Å². The Morgan fingerprint density at radius 2 is 2.00 bits per heavy atom. The Morgan fingerprint density at radius 1 is 1.20 bits per heavy atom. The summed E-state index contributed by atoms with van der Waals surface area (Å²) >= 11 is 0. The highest BCUT2D eigenvalue weighted by Gasteiger charge is 2.29. The molecule has 54 valence electrons. The zero-order valence-electron chi connectivity index (χ0n) is 6.05. The predicted octanol–water partition coefficient (Wildman–Crippen LogP) is 2.05. The highest BCUT2D eigenvalue weighted by Crippen LogP contribution is 2.30. The van der Waals surface area contributed by atoms with Gasteiger partial charge in [0.1, 0.15) is 5.60 Å². The van der Waals surface area contributed by atoms with E-state index in [0.29, 0.717) is 0 Å². The Morgan fingerprint density at radius 3 is 2.60 bits per heavy atom. The van der Waals surface area contributed by atoms with Gasteiger partial charge in [-0.15, -0.1) is 0 Å². The largest absolute Gasteiger partial charge is 0.367 e. The minimum absolute atomic E-state index is 0.0122. The van der Waals surface area contributed by atoms with Crippen molar-refractivity contribution in [3.63, 3.8) is 0 Å². The van der Waals surface area contributed by atoms with E-state index in [-0.39, 0.29) is 5.60 Å². The Hall–Kier alpha value is -0.560. The molecule has 0 amide bonds. The van der Waals surface area contributed by atoms with E-state index in [2.05, 4.69) is 24.3 Å². The van der Waals surface area contributed by atoms with Gasteiger partial charge >= 0.3 is 0 Å². The summed E-state index contributed by atoms with van der Waals surface area (Å²) in [6.45, 7) is 0.925. The molecule has 0 N–H and O–H groups in total. The van der Waals surface area contributed by atoms with Crippen LogP contribution in [0.1, 0.15) is 19.3 Å². The van der Waals surface area contributed by atoms with Gasteiger partial charge in [-0.2, -0.15) is 0 Å². The lowest BCUT2D eigenvalue weighted by Crippen LogP contribution is -2.22. The van der Waals surface area contributed by atoms with Crippen molar-refractivity contribution in [1.82, 2.24) is 0 Å². The van der Waals surface area contributed by atoms with E-state index in [0.717, 1.165) is 13.0 Å². The fraction of sp³-hybridized carbons (Fsp3) is 0.556. The number of hydrogen-bond acceptors (Lipinski definition) is 1. The fourth-order valence-electron chi connectivity index (χ4n) is 1.61. The highest BCUT2D eigenvalue weighted by molar-refractivity contribution is 5.21. The molecular weight excluding hydrogens is 124 g/mol. The van der Waals surface area contributed by atoms with Crippen molar-refractivity contribution in [3.8, 4) is 0 Å². The zero-order chi connectivity index (χ0) is 6.86. The first kappa shape index (κ1) is 6.17. The molecule has 0 saturated carbocycles. The molecule has 0 radical (unpaired) electrons. The normalized spacial score (nSPS) is 28.0. The summed E-state index contributed by atoms with van der Waals surface area (Å²) in [5.74, 6) is 0. The van der Waals surface area contributed by atoms with E-state index in [1.54, 1.807) is 0 Å². The Balaban J connectivity index is 2.19. The SMILES string of the molecule is C1=CC2(C=CC1)CCCO2. The van der Waals surface area contributed by atoms with Crippen molar-refractivity contribution in [3.05, 3.63) is 24.3 Å². The summed E-state index contributed by atoms with van der Waals surface area (Å²) in [5, 5.41) is 0. The van der Waals surface area contributed by atoms with Crippen molar-refractivity contribution in [2.45, 2.75) is 24.9 Å². The van der Waals surface area contributed by atoms with Crippen LogP contribution in [0.3, 0.4) is 0 Å². The summed E-state index contributed by atoms with van der Waals surface area (Å²) < 4.78 is 5.61. The van der Waals surface area contributed by atoms with Crippen LogP contribution in [0, 0.1) is 0 Å². The molecule has 1 aliphatic heterocycles. The Bertz CT molecular complexity index is 159. The van der Waals surface area contributed by atoms with Gasteiger partial charge < -0.3 is 4.74 Å². The number of ether oxygens (including phenoxy) is 1. The van der Waals surface area contributed by atoms with Gasteiger partial charge in [0.2, 0.25) is 0 Å². The van der Waals surface area contributed by atoms with Gasteiger partial charge in [-0.25, -0.2) is 0 Å². The standard InChI is InChI=1S/C9H12O/c1-2-5-9(6-3-1)7-4-8-10-9/h2-3,5-6H,1,4,7-8H2. The average molecular weight is 136 g/mol. The molecule has 1 saturated heterocycles. The van der Waals surface area contributed by atoms with Gasteiger partial charge in [0.05, 0.1) is 0 Å². The van der Waals surface area contributed by atoms with E-state index in [1.807, 2.05) is 0 Å². The van der Waals surface area contributed by atoms with E-state index >= 15 is 0 Å². The third kappa shape index (κ3) is 0.907. The number of rotatable bonds is 0. The van der Waals surface area contributed by atoms with Crippen LogP contribution < -0.4 is 0 Å². The first-order valence-electron chi connectivity index (χ1n) is 3.91. The first-order chi connectivity index (χ1) is 4.91. The Kier molecular flexibility index (Phi) is 1.38. The van der Waals surface area contributed by atoms with Crippen LogP contribution in [0.4, 0.5) is 0 Å². The number of allylic oxidation sites excluding steroid dienone is 2. The van der Waals surface area contributed by atoms with Gasteiger partial charge in [0, 0.05) is 6.61 Å². The minimum atomic E-state index is 0.0122. The molecule has 2 rings (SSSR count).